The molecular formula is C28H38N4O. The zero-order valence-electron chi connectivity index (χ0n) is 21.1. The van der Waals surface area contributed by atoms with E-state index < -0.39 is 0 Å². The van der Waals surface area contributed by atoms with Crippen LogP contribution in [0.2, 0.25) is 0 Å². The number of pyridine rings is 1. The summed E-state index contributed by atoms with van der Waals surface area (Å²) in [5.41, 5.74) is 3.02. The minimum atomic E-state index is -0.241. The lowest BCUT2D eigenvalue weighted by atomic mass is 9.69. The molecule has 176 valence electrons. The average molecular weight is 447 g/mol. The molecule has 1 saturated heterocycles. The third kappa shape index (κ3) is 4.67. The lowest BCUT2D eigenvalue weighted by molar-refractivity contribution is -0.109. The van der Waals surface area contributed by atoms with E-state index in [1.807, 2.05) is 31.5 Å². The molecule has 0 aliphatic carbocycles. The maximum atomic E-state index is 6.38. The van der Waals surface area contributed by atoms with Crippen molar-refractivity contribution in [2.45, 2.75) is 71.9 Å². The molecule has 33 heavy (non-hydrogen) atoms. The number of nitrogens with zero attached hydrogens (tertiary/aromatic N) is 4. The first kappa shape index (κ1) is 23.8. The minimum Gasteiger partial charge on any atom is -0.375 e. The van der Waals surface area contributed by atoms with Crippen molar-refractivity contribution >= 4 is 10.9 Å². The molecular weight excluding hydrogens is 408 g/mol. The first-order valence-electron chi connectivity index (χ1n) is 12.2. The molecule has 0 saturated carbocycles. The Morgan fingerprint density at radius 3 is 2.55 bits per heavy atom. The number of fused-ring (bicyclic) bond motifs is 1. The van der Waals surface area contributed by atoms with Crippen LogP contribution in [0.4, 0.5) is 0 Å². The Kier molecular flexibility index (Phi) is 6.56. The number of hydrogen-bond donors (Lipinski definition) is 0. The lowest BCUT2D eigenvalue weighted by Crippen LogP contribution is -2.50. The monoisotopic (exact) mass is 446 g/mol. The van der Waals surface area contributed by atoms with Crippen LogP contribution in [0.25, 0.3) is 10.9 Å². The Labute approximate surface area is 198 Å². The summed E-state index contributed by atoms with van der Waals surface area (Å²) in [6.45, 7) is 16.0. The predicted octanol–water partition coefficient (Wildman–Crippen LogP) is 5.71. The minimum absolute atomic E-state index is 0.0212. The summed E-state index contributed by atoms with van der Waals surface area (Å²) in [5, 5.41) is 1.09. The van der Waals surface area contributed by atoms with E-state index in [1.165, 1.54) is 5.56 Å². The number of aromatic nitrogens is 3. The molecule has 5 nitrogen and oxygen atoms in total. The molecule has 0 unspecified atom stereocenters. The summed E-state index contributed by atoms with van der Waals surface area (Å²) in [4.78, 5) is 16.7. The number of para-hydroxylation sites is 1. The quantitative estimate of drug-likeness (QED) is 0.444. The van der Waals surface area contributed by atoms with Gasteiger partial charge in [-0.1, -0.05) is 24.3 Å². The van der Waals surface area contributed by atoms with Crippen LogP contribution < -0.4 is 0 Å². The molecule has 1 atom stereocenters. The Morgan fingerprint density at radius 2 is 1.82 bits per heavy atom. The highest BCUT2D eigenvalue weighted by Crippen LogP contribution is 2.49. The molecule has 3 heterocycles. The molecule has 1 aliphatic rings. The maximum Gasteiger partial charge on any atom is 0.128 e. The normalized spacial score (nSPS) is 19.9. The van der Waals surface area contributed by atoms with Gasteiger partial charge in [0.1, 0.15) is 5.82 Å². The van der Waals surface area contributed by atoms with Crippen LogP contribution >= 0.6 is 0 Å². The van der Waals surface area contributed by atoms with Gasteiger partial charge in [-0.05, 0) is 78.6 Å². The molecule has 1 aliphatic heterocycles. The number of aryl methyl sites for hydroxylation is 2. The van der Waals surface area contributed by atoms with Crippen LogP contribution in [0.1, 0.15) is 64.5 Å². The second kappa shape index (κ2) is 9.11. The van der Waals surface area contributed by atoms with E-state index in [1.54, 1.807) is 0 Å². The number of ether oxygens (including phenoxy) is 1. The fourth-order valence-corrected chi connectivity index (χ4v) is 5.35. The van der Waals surface area contributed by atoms with Crippen molar-refractivity contribution < 1.29 is 4.74 Å². The van der Waals surface area contributed by atoms with E-state index in [-0.39, 0.29) is 16.6 Å². The van der Waals surface area contributed by atoms with Crippen LogP contribution in [0.5, 0.6) is 0 Å². The van der Waals surface area contributed by atoms with Gasteiger partial charge in [0, 0.05) is 54.0 Å². The Bertz CT molecular complexity index is 1090. The van der Waals surface area contributed by atoms with Crippen molar-refractivity contribution in [3.63, 3.8) is 0 Å². The van der Waals surface area contributed by atoms with Crippen LogP contribution in [0, 0.1) is 12.3 Å². The first-order valence-corrected chi connectivity index (χ1v) is 12.2. The third-order valence-electron chi connectivity index (χ3n) is 7.91. The molecule has 0 N–H and O–H groups in total. The molecule has 2 aromatic heterocycles. The van der Waals surface area contributed by atoms with Gasteiger partial charge in [-0.15, -0.1) is 0 Å². The third-order valence-corrected chi connectivity index (χ3v) is 7.91. The van der Waals surface area contributed by atoms with Crippen LogP contribution in [-0.4, -0.2) is 45.1 Å². The lowest BCUT2D eigenvalue weighted by Gasteiger charge is -2.46. The van der Waals surface area contributed by atoms with Crippen molar-refractivity contribution in [2.24, 2.45) is 5.41 Å². The second-order valence-corrected chi connectivity index (χ2v) is 10.5. The Hall–Kier alpha value is -2.37. The average Bonchev–Trinajstić information content (AvgIpc) is 3.25. The van der Waals surface area contributed by atoms with Gasteiger partial charge in [-0.25, -0.2) is 9.97 Å². The van der Waals surface area contributed by atoms with Crippen LogP contribution in [0.15, 0.2) is 48.8 Å². The highest BCUT2D eigenvalue weighted by Gasteiger charge is 2.52. The second-order valence-electron chi connectivity index (χ2n) is 10.5. The van der Waals surface area contributed by atoms with E-state index >= 15 is 0 Å². The summed E-state index contributed by atoms with van der Waals surface area (Å²) in [6.07, 6.45) is 6.92. The zero-order valence-corrected chi connectivity index (χ0v) is 21.1. The number of rotatable bonds is 8. The van der Waals surface area contributed by atoms with E-state index in [0.717, 1.165) is 54.8 Å². The number of likely N-dealkylation sites (tertiary alicyclic amines) is 1. The summed E-state index contributed by atoms with van der Waals surface area (Å²) in [6, 6.07) is 12.5. The molecule has 0 radical (unpaired) electrons. The molecule has 0 spiro atoms. The topological polar surface area (TPSA) is 51.1 Å². The molecule has 0 bridgehead atoms. The van der Waals surface area contributed by atoms with Gasteiger partial charge in [0.2, 0.25) is 0 Å². The molecule has 1 aromatic carbocycles. The summed E-state index contributed by atoms with van der Waals surface area (Å²) in [5.74, 6) is 0.917. The van der Waals surface area contributed by atoms with Gasteiger partial charge in [0.05, 0.1) is 11.1 Å². The Morgan fingerprint density at radius 1 is 1.03 bits per heavy atom. The SMILES string of the molecule is CCOC(C)(C)[C@@]1(CCc2ncc3ccccc3n2)CCN(C(C)(C)c2ccc(C)nc2)C1. The van der Waals surface area contributed by atoms with Gasteiger partial charge >= 0.3 is 0 Å². The van der Waals surface area contributed by atoms with Gasteiger partial charge in [-0.3, -0.25) is 9.88 Å². The number of benzene rings is 1. The molecule has 0 amide bonds. The van der Waals surface area contributed by atoms with Gasteiger partial charge in [0.15, 0.2) is 0 Å². The van der Waals surface area contributed by atoms with Crippen molar-refractivity contribution in [1.82, 2.24) is 19.9 Å². The van der Waals surface area contributed by atoms with Gasteiger partial charge in [-0.2, -0.15) is 0 Å². The van der Waals surface area contributed by atoms with Crippen molar-refractivity contribution in [3.05, 3.63) is 65.9 Å². The molecule has 5 heteroatoms. The maximum absolute atomic E-state index is 6.38. The molecule has 4 rings (SSSR count). The summed E-state index contributed by atoms with van der Waals surface area (Å²) in [7, 11) is 0. The van der Waals surface area contributed by atoms with Crippen molar-refractivity contribution in [3.8, 4) is 0 Å². The predicted molar refractivity (Wildman–Crippen MR) is 134 cm³/mol. The van der Waals surface area contributed by atoms with E-state index in [4.69, 9.17) is 9.72 Å². The molecule has 1 fully saturated rings. The molecule has 3 aromatic rings. The van der Waals surface area contributed by atoms with Crippen molar-refractivity contribution in [1.29, 1.82) is 0 Å². The highest BCUT2D eigenvalue weighted by atomic mass is 16.5. The smallest absolute Gasteiger partial charge is 0.128 e. The zero-order chi connectivity index (χ0) is 23.7. The van der Waals surface area contributed by atoms with E-state index in [0.29, 0.717) is 6.61 Å². The standard InChI is InChI=1S/C28H38N4O/c1-7-33-27(5,6)28(15-14-25-30-18-22-10-8-9-11-24(22)31-25)16-17-32(20-28)26(3,4)23-13-12-21(2)29-19-23/h8-13,18-19H,7,14-17,20H2,1-6H3/t28-/m0/s1. The highest BCUT2D eigenvalue weighted by molar-refractivity contribution is 5.77. The van der Waals surface area contributed by atoms with Crippen LogP contribution in [0.3, 0.4) is 0 Å². The van der Waals surface area contributed by atoms with Crippen molar-refractivity contribution in [2.75, 3.05) is 19.7 Å². The van der Waals surface area contributed by atoms with E-state index in [9.17, 15) is 0 Å². The number of hydrogen-bond acceptors (Lipinski definition) is 5. The first-order chi connectivity index (χ1) is 15.7. The fraction of sp³-hybridized carbons (Fsp3) is 0.536. The summed E-state index contributed by atoms with van der Waals surface area (Å²) < 4.78 is 6.38. The van der Waals surface area contributed by atoms with E-state index in [2.05, 4.69) is 73.8 Å². The van der Waals surface area contributed by atoms with Gasteiger partial charge in [0.25, 0.3) is 0 Å². The van der Waals surface area contributed by atoms with Gasteiger partial charge < -0.3 is 4.74 Å². The Balaban J connectivity index is 1.59. The summed E-state index contributed by atoms with van der Waals surface area (Å²) >= 11 is 0. The van der Waals surface area contributed by atoms with Crippen LogP contribution in [-0.2, 0) is 16.7 Å². The largest absolute Gasteiger partial charge is 0.375 e. The fourth-order valence-electron chi connectivity index (χ4n) is 5.35.